The summed E-state index contributed by atoms with van der Waals surface area (Å²) < 4.78 is 0. The van der Waals surface area contributed by atoms with Gasteiger partial charge in [-0.3, -0.25) is 15.0 Å². The van der Waals surface area contributed by atoms with Crippen molar-refractivity contribution >= 4 is 0 Å². The first-order valence-electron chi connectivity index (χ1n) is 17.5. The third-order valence-corrected chi connectivity index (χ3v) is 10.4. The second-order valence-corrected chi connectivity index (χ2v) is 13.6. The second kappa shape index (κ2) is 15.2. The summed E-state index contributed by atoms with van der Waals surface area (Å²) in [5, 5.41) is 23.0. The van der Waals surface area contributed by atoms with E-state index in [-0.39, 0.29) is 0 Å². The fourth-order valence-corrected chi connectivity index (χ4v) is 7.94. The molecule has 0 unspecified atom stereocenters. The first-order chi connectivity index (χ1) is 22.2. The van der Waals surface area contributed by atoms with Crippen molar-refractivity contribution in [1.82, 2.24) is 46.9 Å². The van der Waals surface area contributed by atoms with Gasteiger partial charge in [-0.15, -0.1) is 0 Å². The zero-order valence-electron chi connectivity index (χ0n) is 26.6. The van der Waals surface area contributed by atoms with Crippen molar-refractivity contribution in [2.24, 2.45) is 0 Å². The third-order valence-electron chi connectivity index (χ3n) is 10.4. The number of nitrogens with one attached hydrogen (secondary N) is 6. The van der Waals surface area contributed by atoms with Crippen molar-refractivity contribution < 1.29 is 0 Å². The van der Waals surface area contributed by atoms with Crippen LogP contribution in [0.25, 0.3) is 0 Å². The summed E-state index contributed by atoms with van der Waals surface area (Å²) in [5.41, 5.74) is 6.70. The largest absolute Gasteiger partial charge is 0.307 e. The maximum Gasteiger partial charge on any atom is 0.0545 e. The minimum Gasteiger partial charge on any atom is -0.307 e. The lowest BCUT2D eigenvalue weighted by Crippen LogP contribution is -2.44. The molecule has 9 nitrogen and oxygen atoms in total. The Morgan fingerprint density at radius 3 is 0.733 bits per heavy atom. The lowest BCUT2D eigenvalue weighted by molar-refractivity contribution is 0.399. The Hall–Kier alpha value is -2.79. The van der Waals surface area contributed by atoms with Crippen LogP contribution >= 0.6 is 0 Å². The highest BCUT2D eigenvalue weighted by molar-refractivity contribution is 5.15. The topological polar surface area (TPSA) is 111 Å². The minimum absolute atomic E-state index is 0.452. The number of aromatic nitrogens is 3. The van der Waals surface area contributed by atoms with Crippen LogP contribution in [-0.4, -0.2) is 51.2 Å². The van der Waals surface area contributed by atoms with Crippen LogP contribution in [0.4, 0.5) is 0 Å². The molecule has 45 heavy (non-hydrogen) atoms. The first-order valence-corrected chi connectivity index (χ1v) is 17.5. The molecule has 0 radical (unpaired) electrons. The van der Waals surface area contributed by atoms with Crippen molar-refractivity contribution in [3.05, 3.63) is 88.8 Å². The molecule has 3 aromatic heterocycles. The van der Waals surface area contributed by atoms with Gasteiger partial charge in [0.1, 0.15) is 0 Å². The van der Waals surface area contributed by atoms with Gasteiger partial charge in [-0.1, -0.05) is 37.5 Å². The van der Waals surface area contributed by atoms with Crippen LogP contribution in [0.15, 0.2) is 54.6 Å². The Kier molecular flexibility index (Phi) is 10.4. The SMILES string of the molecule is c1cc2nc(c1)CN[C@H]1CCC[C@@H]1NCc1cccc(n1)CN[C@H]1CCC[C@@H]1NCc1cccc(n1)CN[C@H]1CCC[C@@H]1NC2. The van der Waals surface area contributed by atoms with E-state index in [1.165, 1.54) is 57.8 Å². The molecule has 3 saturated carbocycles. The highest BCUT2D eigenvalue weighted by atomic mass is 15.1. The standard InChI is InChI=1S/C36H51N9/c1-7-25-19-37-31-13-4-15-33(31)39-21-27-9-2-11-29(44-27)23-41-35-17-6-18-36(35)42-24-30-12-3-10-28(45-30)22-40-34-16-5-14-32(34)38-20-26(8-1)43-25/h1-3,7-12,31-42H,4-6,13-24H2/t31-,32-,33-,34-,35-,36-/m0/s1. The molecule has 3 aromatic rings. The van der Waals surface area contributed by atoms with Gasteiger partial charge in [0.25, 0.3) is 0 Å². The molecule has 4 aliphatic rings. The summed E-state index contributed by atoms with van der Waals surface area (Å²) in [6, 6.07) is 22.1. The number of hydrogen-bond acceptors (Lipinski definition) is 9. The Morgan fingerprint density at radius 2 is 0.533 bits per heavy atom. The third kappa shape index (κ3) is 8.33. The summed E-state index contributed by atoms with van der Waals surface area (Å²) >= 11 is 0. The van der Waals surface area contributed by atoms with E-state index in [9.17, 15) is 0 Å². The molecule has 3 aliphatic carbocycles. The maximum atomic E-state index is 5.01. The van der Waals surface area contributed by atoms with E-state index in [0.29, 0.717) is 36.3 Å². The van der Waals surface area contributed by atoms with Crippen LogP contribution in [-0.2, 0) is 39.3 Å². The molecule has 6 atom stereocenters. The van der Waals surface area contributed by atoms with Gasteiger partial charge >= 0.3 is 0 Å². The highest BCUT2D eigenvalue weighted by Gasteiger charge is 2.29. The summed E-state index contributed by atoms with van der Waals surface area (Å²) in [5.74, 6) is 0. The number of rotatable bonds is 0. The van der Waals surface area contributed by atoms with E-state index in [1.807, 2.05) is 0 Å². The molecule has 3 fully saturated rings. The molecule has 240 valence electrons. The Labute approximate surface area is 268 Å². The highest BCUT2D eigenvalue weighted by Crippen LogP contribution is 2.23. The van der Waals surface area contributed by atoms with Gasteiger partial charge < -0.3 is 31.9 Å². The molecule has 0 amide bonds. The smallest absolute Gasteiger partial charge is 0.0545 e. The van der Waals surface area contributed by atoms with Crippen LogP contribution in [0.5, 0.6) is 0 Å². The molecular formula is C36H51N9. The molecule has 7 rings (SSSR count). The number of hydrogen-bond donors (Lipinski definition) is 6. The molecule has 4 heterocycles. The van der Waals surface area contributed by atoms with Gasteiger partial charge in [0.2, 0.25) is 0 Å². The normalized spacial score (nSPS) is 30.1. The number of fused-ring (bicyclic) bond motifs is 9. The number of nitrogens with zero attached hydrogens (tertiary/aromatic N) is 3. The van der Waals surface area contributed by atoms with Gasteiger partial charge in [0, 0.05) is 75.5 Å². The molecular weight excluding hydrogens is 558 g/mol. The van der Waals surface area contributed by atoms with Crippen molar-refractivity contribution in [3.8, 4) is 0 Å². The monoisotopic (exact) mass is 609 g/mol. The van der Waals surface area contributed by atoms with E-state index in [2.05, 4.69) is 86.5 Å². The van der Waals surface area contributed by atoms with Crippen LogP contribution in [0.2, 0.25) is 0 Å². The quantitative estimate of drug-likeness (QED) is 0.228. The maximum absolute atomic E-state index is 5.01. The van der Waals surface area contributed by atoms with E-state index in [4.69, 9.17) is 15.0 Å². The van der Waals surface area contributed by atoms with Crippen LogP contribution in [0.1, 0.15) is 92.0 Å². The molecule has 0 aromatic carbocycles. The van der Waals surface area contributed by atoms with Gasteiger partial charge in [0.15, 0.2) is 0 Å². The summed E-state index contributed by atoms with van der Waals surface area (Å²) in [7, 11) is 0. The predicted octanol–water partition coefficient (Wildman–Crippen LogP) is 3.59. The average Bonchev–Trinajstić information content (AvgIpc) is 3.84. The summed E-state index contributed by atoms with van der Waals surface area (Å²) in [6.45, 7) is 4.79. The molecule has 0 spiro atoms. The van der Waals surface area contributed by atoms with Crippen LogP contribution in [0.3, 0.4) is 0 Å². The Balaban J connectivity index is 1.05. The van der Waals surface area contributed by atoms with Gasteiger partial charge in [-0.05, 0) is 74.9 Å². The lowest BCUT2D eigenvalue weighted by Gasteiger charge is -2.23. The molecule has 6 bridgehead atoms. The van der Waals surface area contributed by atoms with Crippen molar-refractivity contribution in [1.29, 1.82) is 0 Å². The van der Waals surface area contributed by atoms with E-state index >= 15 is 0 Å². The second-order valence-electron chi connectivity index (χ2n) is 13.6. The summed E-state index contributed by atoms with van der Waals surface area (Å²) in [4.78, 5) is 15.0. The zero-order valence-corrected chi connectivity index (χ0v) is 26.6. The first kappa shape index (κ1) is 30.8. The van der Waals surface area contributed by atoms with Gasteiger partial charge in [-0.25, -0.2) is 0 Å². The van der Waals surface area contributed by atoms with Gasteiger partial charge in [-0.2, -0.15) is 0 Å². The van der Waals surface area contributed by atoms with E-state index in [0.717, 1.165) is 73.4 Å². The number of pyridine rings is 3. The van der Waals surface area contributed by atoms with Crippen molar-refractivity contribution in [3.63, 3.8) is 0 Å². The fourth-order valence-electron chi connectivity index (χ4n) is 7.94. The Bertz CT molecular complexity index is 1130. The fraction of sp³-hybridized carbons (Fsp3) is 0.583. The Morgan fingerprint density at radius 1 is 0.333 bits per heavy atom. The van der Waals surface area contributed by atoms with Crippen LogP contribution in [0, 0.1) is 0 Å². The molecule has 9 heteroatoms. The van der Waals surface area contributed by atoms with Crippen molar-refractivity contribution in [2.45, 2.75) is 133 Å². The minimum atomic E-state index is 0.452. The molecule has 1 aliphatic heterocycles. The lowest BCUT2D eigenvalue weighted by atomic mass is 10.1. The molecule has 6 N–H and O–H groups in total. The molecule has 0 saturated heterocycles. The van der Waals surface area contributed by atoms with Crippen molar-refractivity contribution in [2.75, 3.05) is 0 Å². The average molecular weight is 610 g/mol. The summed E-state index contributed by atoms with van der Waals surface area (Å²) in [6.07, 6.45) is 10.9. The predicted molar refractivity (Wildman–Crippen MR) is 178 cm³/mol. The van der Waals surface area contributed by atoms with Crippen LogP contribution < -0.4 is 31.9 Å². The zero-order chi connectivity index (χ0) is 30.3. The van der Waals surface area contributed by atoms with E-state index in [1.54, 1.807) is 0 Å². The van der Waals surface area contributed by atoms with Gasteiger partial charge in [0.05, 0.1) is 34.2 Å². The van der Waals surface area contributed by atoms with E-state index < -0.39 is 0 Å².